The summed E-state index contributed by atoms with van der Waals surface area (Å²) in [5.41, 5.74) is 4.05. The Bertz CT molecular complexity index is 388. The number of Topliss-reactive ketones (excluding diaryl/α,β-unsaturated/α-hetero) is 1. The average molecular weight is 218 g/mol. The van der Waals surface area contributed by atoms with Gasteiger partial charge in [-0.2, -0.15) is 0 Å². The molecule has 0 amide bonds. The zero-order chi connectivity index (χ0) is 12.3. The fourth-order valence-electron chi connectivity index (χ4n) is 2.20. The van der Waals surface area contributed by atoms with Gasteiger partial charge in [0.1, 0.15) is 5.78 Å². The van der Waals surface area contributed by atoms with E-state index in [9.17, 15) is 4.79 Å². The molecule has 1 aromatic carbocycles. The summed E-state index contributed by atoms with van der Waals surface area (Å²) in [5.74, 6) is 0.272. The maximum absolute atomic E-state index is 11.2. The molecule has 0 N–H and O–H groups in total. The van der Waals surface area contributed by atoms with E-state index in [-0.39, 0.29) is 11.2 Å². The van der Waals surface area contributed by atoms with Crippen LogP contribution in [0.1, 0.15) is 43.9 Å². The number of hydrogen-bond donors (Lipinski definition) is 0. The predicted molar refractivity (Wildman–Crippen MR) is 68.7 cm³/mol. The number of rotatable bonds is 4. The van der Waals surface area contributed by atoms with Gasteiger partial charge >= 0.3 is 0 Å². The molecule has 0 saturated heterocycles. The van der Waals surface area contributed by atoms with Gasteiger partial charge in [-0.15, -0.1) is 0 Å². The monoisotopic (exact) mass is 218 g/mol. The Kier molecular flexibility index (Phi) is 3.90. The maximum Gasteiger partial charge on any atom is 0.130 e. The Morgan fingerprint density at radius 3 is 2.31 bits per heavy atom. The third-order valence-electron chi connectivity index (χ3n) is 2.98. The summed E-state index contributed by atoms with van der Waals surface area (Å²) in [6.07, 6.45) is 1.62. The molecule has 1 aromatic rings. The minimum absolute atomic E-state index is 0.0630. The van der Waals surface area contributed by atoms with Gasteiger partial charge in [0.2, 0.25) is 0 Å². The van der Waals surface area contributed by atoms with E-state index in [1.54, 1.807) is 6.92 Å². The molecule has 1 nitrogen and oxygen atoms in total. The number of carbonyl (C=O) groups excluding carboxylic acids is 1. The van der Waals surface area contributed by atoms with Crippen molar-refractivity contribution in [2.24, 2.45) is 5.41 Å². The average Bonchev–Trinajstić information content (AvgIpc) is 2.08. The van der Waals surface area contributed by atoms with Crippen molar-refractivity contribution in [3.05, 3.63) is 34.9 Å². The first-order chi connectivity index (χ1) is 7.30. The molecule has 0 aliphatic rings. The van der Waals surface area contributed by atoms with E-state index in [1.807, 2.05) is 0 Å². The smallest absolute Gasteiger partial charge is 0.130 e. The van der Waals surface area contributed by atoms with E-state index in [4.69, 9.17) is 0 Å². The fourth-order valence-corrected chi connectivity index (χ4v) is 2.20. The van der Waals surface area contributed by atoms with Crippen LogP contribution in [-0.4, -0.2) is 5.78 Å². The normalized spacial score (nSPS) is 11.6. The second-order valence-corrected chi connectivity index (χ2v) is 5.64. The summed E-state index contributed by atoms with van der Waals surface area (Å²) in [4.78, 5) is 11.2. The molecule has 0 saturated carbocycles. The third kappa shape index (κ3) is 3.80. The van der Waals surface area contributed by atoms with Gasteiger partial charge in [0.05, 0.1) is 0 Å². The van der Waals surface area contributed by atoms with Crippen LogP contribution < -0.4 is 0 Å². The van der Waals surface area contributed by atoms with Gasteiger partial charge in [0.15, 0.2) is 0 Å². The van der Waals surface area contributed by atoms with Crippen molar-refractivity contribution in [2.75, 3.05) is 0 Å². The molecule has 16 heavy (non-hydrogen) atoms. The Hall–Kier alpha value is -1.11. The molecule has 88 valence electrons. The molecule has 0 bridgehead atoms. The Labute approximate surface area is 98.9 Å². The van der Waals surface area contributed by atoms with Gasteiger partial charge in [-0.25, -0.2) is 0 Å². The standard InChI is InChI=1S/C15H22O/c1-11-6-7-14(8-12(11)2)10-15(4,5)9-13(3)16/h6-8H,9-10H2,1-5H3. The zero-order valence-electron chi connectivity index (χ0n) is 11.1. The van der Waals surface area contributed by atoms with Crippen LogP contribution in [0.2, 0.25) is 0 Å². The Balaban J connectivity index is 2.79. The first-order valence-electron chi connectivity index (χ1n) is 5.86. The van der Waals surface area contributed by atoms with Gasteiger partial charge in [-0.1, -0.05) is 32.0 Å². The molecule has 0 aliphatic heterocycles. The van der Waals surface area contributed by atoms with Crippen molar-refractivity contribution < 1.29 is 4.79 Å². The van der Waals surface area contributed by atoms with Gasteiger partial charge in [-0.05, 0) is 49.3 Å². The summed E-state index contributed by atoms with van der Waals surface area (Å²) >= 11 is 0. The van der Waals surface area contributed by atoms with Crippen LogP contribution in [0.3, 0.4) is 0 Å². The Morgan fingerprint density at radius 1 is 1.19 bits per heavy atom. The van der Waals surface area contributed by atoms with Crippen molar-refractivity contribution in [1.82, 2.24) is 0 Å². The largest absolute Gasteiger partial charge is 0.300 e. The lowest BCUT2D eigenvalue weighted by molar-refractivity contribution is -0.118. The van der Waals surface area contributed by atoms with E-state index >= 15 is 0 Å². The van der Waals surface area contributed by atoms with E-state index in [2.05, 4.69) is 45.9 Å². The van der Waals surface area contributed by atoms with E-state index in [0.29, 0.717) is 6.42 Å². The summed E-state index contributed by atoms with van der Waals surface area (Å²) in [5, 5.41) is 0. The summed E-state index contributed by atoms with van der Waals surface area (Å²) in [6, 6.07) is 6.57. The topological polar surface area (TPSA) is 17.1 Å². The number of hydrogen-bond acceptors (Lipinski definition) is 1. The lowest BCUT2D eigenvalue weighted by atomic mass is 9.81. The lowest BCUT2D eigenvalue weighted by Gasteiger charge is -2.23. The highest BCUT2D eigenvalue weighted by Gasteiger charge is 2.20. The Morgan fingerprint density at radius 2 is 1.81 bits per heavy atom. The van der Waals surface area contributed by atoms with E-state index in [1.165, 1.54) is 16.7 Å². The quantitative estimate of drug-likeness (QED) is 0.750. The van der Waals surface area contributed by atoms with Gasteiger partial charge in [0.25, 0.3) is 0 Å². The molecule has 1 rings (SSSR count). The first-order valence-corrected chi connectivity index (χ1v) is 5.86. The van der Waals surface area contributed by atoms with E-state index in [0.717, 1.165) is 6.42 Å². The molecule has 0 aliphatic carbocycles. The van der Waals surface area contributed by atoms with Crippen molar-refractivity contribution in [3.8, 4) is 0 Å². The summed E-state index contributed by atoms with van der Waals surface area (Å²) < 4.78 is 0. The van der Waals surface area contributed by atoms with Gasteiger partial charge < -0.3 is 4.79 Å². The minimum Gasteiger partial charge on any atom is -0.300 e. The molecule has 0 spiro atoms. The zero-order valence-corrected chi connectivity index (χ0v) is 11.1. The second-order valence-electron chi connectivity index (χ2n) is 5.64. The highest BCUT2D eigenvalue weighted by atomic mass is 16.1. The van der Waals surface area contributed by atoms with Crippen LogP contribution in [0.25, 0.3) is 0 Å². The van der Waals surface area contributed by atoms with Crippen molar-refractivity contribution in [1.29, 1.82) is 0 Å². The number of ketones is 1. The van der Waals surface area contributed by atoms with Crippen LogP contribution in [0.4, 0.5) is 0 Å². The number of aryl methyl sites for hydroxylation is 2. The van der Waals surface area contributed by atoms with Crippen LogP contribution in [0, 0.1) is 19.3 Å². The molecule has 0 unspecified atom stereocenters. The van der Waals surface area contributed by atoms with Crippen LogP contribution in [0.5, 0.6) is 0 Å². The highest BCUT2D eigenvalue weighted by molar-refractivity contribution is 5.76. The van der Waals surface area contributed by atoms with Crippen LogP contribution in [0.15, 0.2) is 18.2 Å². The van der Waals surface area contributed by atoms with Crippen molar-refractivity contribution in [2.45, 2.75) is 47.5 Å². The summed E-state index contributed by atoms with van der Waals surface area (Å²) in [7, 11) is 0. The first kappa shape index (κ1) is 13.0. The maximum atomic E-state index is 11.2. The molecule has 0 fully saturated rings. The third-order valence-corrected chi connectivity index (χ3v) is 2.98. The van der Waals surface area contributed by atoms with E-state index < -0.39 is 0 Å². The predicted octanol–water partition coefficient (Wildman–Crippen LogP) is 3.85. The second kappa shape index (κ2) is 4.82. The van der Waals surface area contributed by atoms with Crippen LogP contribution >= 0.6 is 0 Å². The molecule has 0 heterocycles. The molecular formula is C15H22O. The number of carbonyl (C=O) groups is 1. The van der Waals surface area contributed by atoms with Gasteiger partial charge in [0, 0.05) is 6.42 Å². The lowest BCUT2D eigenvalue weighted by Crippen LogP contribution is -2.18. The molecule has 0 atom stereocenters. The van der Waals surface area contributed by atoms with Crippen LogP contribution in [-0.2, 0) is 11.2 Å². The molecular weight excluding hydrogens is 196 g/mol. The van der Waals surface area contributed by atoms with Gasteiger partial charge in [-0.3, -0.25) is 0 Å². The molecule has 1 heteroatoms. The minimum atomic E-state index is 0.0630. The van der Waals surface area contributed by atoms with Crippen molar-refractivity contribution in [3.63, 3.8) is 0 Å². The number of benzene rings is 1. The summed E-state index contributed by atoms with van der Waals surface area (Å²) in [6.45, 7) is 10.2. The highest BCUT2D eigenvalue weighted by Crippen LogP contribution is 2.27. The fraction of sp³-hybridized carbons (Fsp3) is 0.533. The SMILES string of the molecule is CC(=O)CC(C)(C)Cc1ccc(C)c(C)c1. The molecule has 0 radical (unpaired) electrons. The van der Waals surface area contributed by atoms with Crippen molar-refractivity contribution >= 4 is 5.78 Å². The molecule has 0 aromatic heterocycles.